The Morgan fingerprint density at radius 2 is 1.76 bits per heavy atom. The fraction of sp³-hybridized carbons (Fsp3) is 0.0769. The lowest BCUT2D eigenvalue weighted by Crippen LogP contribution is -2.46. The van der Waals surface area contributed by atoms with Crippen molar-refractivity contribution >= 4 is 5.97 Å². The molecule has 1 atom stereocenters. The maximum Gasteiger partial charge on any atom is 0.334 e. The molecule has 86 valence electrons. The van der Waals surface area contributed by atoms with Gasteiger partial charge in [0, 0.05) is 6.20 Å². The summed E-state index contributed by atoms with van der Waals surface area (Å²) >= 11 is 0. The van der Waals surface area contributed by atoms with Crippen LogP contribution in [-0.4, -0.2) is 16.1 Å². The topological polar surface area (TPSA) is 76.2 Å². The second-order valence-electron chi connectivity index (χ2n) is 3.69. The first-order valence-electron chi connectivity index (χ1n) is 5.15. The van der Waals surface area contributed by atoms with E-state index < -0.39 is 11.5 Å². The lowest BCUT2D eigenvalue weighted by atomic mass is 9.87. The third-order valence-corrected chi connectivity index (χ3v) is 2.64. The number of nitrogens with two attached hydrogens (primary N) is 1. The van der Waals surface area contributed by atoms with Gasteiger partial charge in [-0.25, -0.2) is 4.79 Å². The molecule has 0 aliphatic heterocycles. The van der Waals surface area contributed by atoms with Crippen molar-refractivity contribution in [2.75, 3.05) is 0 Å². The van der Waals surface area contributed by atoms with E-state index in [1.54, 1.807) is 42.5 Å². The summed E-state index contributed by atoms with van der Waals surface area (Å²) in [5.41, 5.74) is 5.24. The first-order valence-corrected chi connectivity index (χ1v) is 5.15. The molecule has 4 nitrogen and oxygen atoms in total. The van der Waals surface area contributed by atoms with Crippen LogP contribution in [0.15, 0.2) is 54.7 Å². The minimum atomic E-state index is -1.61. The summed E-state index contributed by atoms with van der Waals surface area (Å²) in [7, 11) is 0. The number of aliphatic carboxylic acids is 1. The fourth-order valence-corrected chi connectivity index (χ4v) is 1.68. The summed E-state index contributed by atoms with van der Waals surface area (Å²) in [5.74, 6) is -1.12. The van der Waals surface area contributed by atoms with Gasteiger partial charge in [0.2, 0.25) is 0 Å². The molecule has 2 rings (SSSR count). The largest absolute Gasteiger partial charge is 0.479 e. The third kappa shape index (κ3) is 1.90. The molecule has 0 saturated carbocycles. The highest BCUT2D eigenvalue weighted by Crippen LogP contribution is 2.25. The molecule has 1 aromatic heterocycles. The molecule has 4 heteroatoms. The van der Waals surface area contributed by atoms with Crippen molar-refractivity contribution in [3.05, 3.63) is 66.0 Å². The number of carbonyl (C=O) groups is 1. The minimum Gasteiger partial charge on any atom is -0.479 e. The normalized spacial score (nSPS) is 13.9. The molecule has 0 amide bonds. The Hall–Kier alpha value is -2.20. The zero-order valence-corrected chi connectivity index (χ0v) is 9.08. The zero-order valence-electron chi connectivity index (χ0n) is 9.08. The number of hydrogen-bond acceptors (Lipinski definition) is 3. The predicted molar refractivity (Wildman–Crippen MR) is 63.3 cm³/mol. The Morgan fingerprint density at radius 1 is 1.12 bits per heavy atom. The van der Waals surface area contributed by atoms with Crippen LogP contribution in [0.3, 0.4) is 0 Å². The van der Waals surface area contributed by atoms with Crippen LogP contribution >= 0.6 is 0 Å². The first-order chi connectivity index (χ1) is 8.15. The SMILES string of the molecule is NC(C(=O)O)(c1ccccc1)c1ccccn1. The van der Waals surface area contributed by atoms with E-state index in [-0.39, 0.29) is 0 Å². The van der Waals surface area contributed by atoms with E-state index >= 15 is 0 Å². The molecule has 1 aromatic carbocycles. The first kappa shape index (κ1) is 11.3. The van der Waals surface area contributed by atoms with E-state index in [0.717, 1.165) is 0 Å². The molecule has 0 aliphatic rings. The quantitative estimate of drug-likeness (QED) is 0.831. The molecule has 0 aliphatic carbocycles. The van der Waals surface area contributed by atoms with Gasteiger partial charge in [-0.1, -0.05) is 36.4 Å². The molecule has 1 heterocycles. The van der Waals surface area contributed by atoms with Crippen LogP contribution in [0.5, 0.6) is 0 Å². The molecule has 0 saturated heterocycles. The maximum absolute atomic E-state index is 11.5. The Kier molecular flexibility index (Phi) is 2.89. The highest BCUT2D eigenvalue weighted by molar-refractivity contribution is 5.84. The molecular formula is C13H12N2O2. The summed E-state index contributed by atoms with van der Waals surface area (Å²) < 4.78 is 0. The summed E-state index contributed by atoms with van der Waals surface area (Å²) in [4.78, 5) is 15.5. The van der Waals surface area contributed by atoms with Crippen molar-refractivity contribution in [2.45, 2.75) is 5.54 Å². The van der Waals surface area contributed by atoms with Crippen LogP contribution in [0.25, 0.3) is 0 Å². The van der Waals surface area contributed by atoms with Crippen LogP contribution in [0.4, 0.5) is 0 Å². The summed E-state index contributed by atoms with van der Waals surface area (Å²) in [5, 5.41) is 9.37. The van der Waals surface area contributed by atoms with E-state index in [4.69, 9.17) is 5.73 Å². The number of hydrogen-bond donors (Lipinski definition) is 2. The number of pyridine rings is 1. The van der Waals surface area contributed by atoms with Gasteiger partial charge in [-0.05, 0) is 17.7 Å². The summed E-state index contributed by atoms with van der Waals surface area (Å²) in [6.07, 6.45) is 1.53. The number of benzene rings is 1. The smallest absolute Gasteiger partial charge is 0.334 e. The monoisotopic (exact) mass is 228 g/mol. The predicted octanol–water partition coefficient (Wildman–Crippen LogP) is 1.37. The van der Waals surface area contributed by atoms with Gasteiger partial charge in [-0.15, -0.1) is 0 Å². The highest BCUT2D eigenvalue weighted by Gasteiger charge is 2.39. The van der Waals surface area contributed by atoms with Crippen LogP contribution < -0.4 is 5.73 Å². The van der Waals surface area contributed by atoms with Crippen LogP contribution in [0, 0.1) is 0 Å². The Bertz CT molecular complexity index is 472. The maximum atomic E-state index is 11.5. The van der Waals surface area contributed by atoms with Gasteiger partial charge in [0.1, 0.15) is 0 Å². The van der Waals surface area contributed by atoms with E-state index in [1.165, 1.54) is 6.20 Å². The molecule has 0 radical (unpaired) electrons. The average molecular weight is 228 g/mol. The van der Waals surface area contributed by atoms with Crippen LogP contribution in [0.2, 0.25) is 0 Å². The Morgan fingerprint density at radius 3 is 2.29 bits per heavy atom. The second kappa shape index (κ2) is 4.35. The number of carboxylic acid groups (broad SMARTS) is 1. The fourth-order valence-electron chi connectivity index (χ4n) is 1.68. The molecule has 1 unspecified atom stereocenters. The van der Waals surface area contributed by atoms with Gasteiger partial charge in [0.15, 0.2) is 5.54 Å². The van der Waals surface area contributed by atoms with Gasteiger partial charge in [-0.3, -0.25) is 4.98 Å². The number of carboxylic acids is 1. The van der Waals surface area contributed by atoms with Gasteiger partial charge in [-0.2, -0.15) is 0 Å². The van der Waals surface area contributed by atoms with Gasteiger partial charge in [0.25, 0.3) is 0 Å². The molecule has 0 bridgehead atoms. The van der Waals surface area contributed by atoms with E-state index in [2.05, 4.69) is 4.98 Å². The van der Waals surface area contributed by atoms with Crippen LogP contribution in [-0.2, 0) is 10.3 Å². The molecule has 17 heavy (non-hydrogen) atoms. The van der Waals surface area contributed by atoms with Crippen molar-refractivity contribution < 1.29 is 9.90 Å². The van der Waals surface area contributed by atoms with Gasteiger partial charge in [0.05, 0.1) is 5.69 Å². The average Bonchev–Trinajstić information content (AvgIpc) is 2.39. The summed E-state index contributed by atoms with van der Waals surface area (Å²) in [6.45, 7) is 0. The van der Waals surface area contributed by atoms with Crippen molar-refractivity contribution in [1.82, 2.24) is 4.98 Å². The molecule has 2 aromatic rings. The van der Waals surface area contributed by atoms with Crippen molar-refractivity contribution in [1.29, 1.82) is 0 Å². The molecule has 0 spiro atoms. The highest BCUT2D eigenvalue weighted by atomic mass is 16.4. The van der Waals surface area contributed by atoms with Crippen molar-refractivity contribution in [3.63, 3.8) is 0 Å². The third-order valence-electron chi connectivity index (χ3n) is 2.64. The Balaban J connectivity index is 2.59. The van der Waals surface area contributed by atoms with Crippen molar-refractivity contribution in [3.8, 4) is 0 Å². The molecule has 0 fully saturated rings. The van der Waals surface area contributed by atoms with Crippen LogP contribution in [0.1, 0.15) is 11.3 Å². The van der Waals surface area contributed by atoms with E-state index in [1.807, 2.05) is 6.07 Å². The van der Waals surface area contributed by atoms with E-state index in [0.29, 0.717) is 11.3 Å². The minimum absolute atomic E-state index is 0.318. The van der Waals surface area contributed by atoms with Crippen molar-refractivity contribution in [2.24, 2.45) is 5.73 Å². The Labute approximate surface area is 98.7 Å². The van der Waals surface area contributed by atoms with Gasteiger partial charge >= 0.3 is 5.97 Å². The lowest BCUT2D eigenvalue weighted by Gasteiger charge is -2.24. The standard InChI is InChI=1S/C13H12N2O2/c14-13(12(16)17,10-6-2-1-3-7-10)11-8-4-5-9-15-11/h1-9H,14H2,(H,16,17). The summed E-state index contributed by atoms with van der Waals surface area (Å²) in [6, 6.07) is 13.7. The molecular weight excluding hydrogens is 216 g/mol. The molecule has 3 N–H and O–H groups in total. The van der Waals surface area contributed by atoms with E-state index in [9.17, 15) is 9.90 Å². The number of nitrogens with zero attached hydrogens (tertiary/aromatic N) is 1. The second-order valence-corrected chi connectivity index (χ2v) is 3.69. The van der Waals surface area contributed by atoms with Gasteiger partial charge < -0.3 is 10.8 Å². The number of rotatable bonds is 3. The lowest BCUT2D eigenvalue weighted by molar-refractivity contribution is -0.142. The zero-order chi connectivity index (χ0) is 12.3. The number of aromatic nitrogens is 1.